The van der Waals surface area contributed by atoms with Gasteiger partial charge in [-0.15, -0.1) is 0 Å². The minimum Gasteiger partial charge on any atom is -0.311 e. The Morgan fingerprint density at radius 2 is 2.44 bits per heavy atom. The molecule has 1 aromatic rings. The van der Waals surface area contributed by atoms with Crippen molar-refractivity contribution in [1.82, 2.24) is 10.3 Å². The predicted molar refractivity (Wildman–Crippen MR) is 69.8 cm³/mol. The summed E-state index contributed by atoms with van der Waals surface area (Å²) in [6.07, 6.45) is 1.07. The van der Waals surface area contributed by atoms with Gasteiger partial charge in [-0.05, 0) is 6.42 Å². The Morgan fingerprint density at radius 3 is 3.06 bits per heavy atom. The second kappa shape index (κ2) is 5.22. The summed E-state index contributed by atoms with van der Waals surface area (Å²) in [7, 11) is -3.66. The fourth-order valence-corrected chi connectivity index (χ4v) is 4.10. The summed E-state index contributed by atoms with van der Waals surface area (Å²) >= 11 is 1.33. The van der Waals surface area contributed by atoms with Gasteiger partial charge in [-0.1, -0.05) is 18.3 Å². The van der Waals surface area contributed by atoms with Crippen LogP contribution in [0, 0.1) is 11.3 Å². The monoisotopic (exact) mass is 286 g/mol. The molecule has 1 unspecified atom stereocenters. The summed E-state index contributed by atoms with van der Waals surface area (Å²) in [4.78, 5) is 5.32. The molecule has 8 heteroatoms. The van der Waals surface area contributed by atoms with E-state index in [0.29, 0.717) is 5.13 Å². The van der Waals surface area contributed by atoms with Crippen LogP contribution in [0.2, 0.25) is 0 Å². The van der Waals surface area contributed by atoms with Crippen molar-refractivity contribution in [3.05, 3.63) is 10.6 Å². The van der Waals surface area contributed by atoms with Crippen LogP contribution in [0.1, 0.15) is 23.9 Å². The molecule has 0 aliphatic carbocycles. The fraction of sp³-hybridized carbons (Fsp3) is 0.600. The van der Waals surface area contributed by atoms with Gasteiger partial charge in [0, 0.05) is 24.4 Å². The zero-order valence-electron chi connectivity index (χ0n) is 9.93. The van der Waals surface area contributed by atoms with Crippen LogP contribution in [0.3, 0.4) is 0 Å². The molecular weight excluding hydrogens is 272 g/mol. The van der Waals surface area contributed by atoms with Crippen molar-refractivity contribution in [3.8, 4) is 6.07 Å². The molecule has 0 amide bonds. The van der Waals surface area contributed by atoms with E-state index in [2.05, 4.69) is 15.0 Å². The first-order chi connectivity index (χ1) is 8.56. The van der Waals surface area contributed by atoms with Crippen molar-refractivity contribution in [2.75, 3.05) is 11.3 Å². The molecule has 2 N–H and O–H groups in total. The highest BCUT2D eigenvalue weighted by molar-refractivity contribution is 7.93. The lowest BCUT2D eigenvalue weighted by atomic mass is 10.2. The molecule has 1 atom stereocenters. The molecule has 0 saturated carbocycles. The van der Waals surface area contributed by atoms with E-state index in [9.17, 15) is 8.42 Å². The zero-order chi connectivity index (χ0) is 13.2. The Bertz CT molecular complexity index is 550. The number of nitrogens with zero attached hydrogens (tertiary/aromatic N) is 2. The molecule has 2 rings (SSSR count). The van der Waals surface area contributed by atoms with E-state index in [1.54, 1.807) is 13.0 Å². The smallest absolute Gasteiger partial charge is 0.250 e. The summed E-state index contributed by atoms with van der Waals surface area (Å²) in [5.41, 5.74) is 0.946. The van der Waals surface area contributed by atoms with Gasteiger partial charge in [-0.25, -0.2) is 13.4 Å². The number of rotatable bonds is 4. The highest BCUT2D eigenvalue weighted by atomic mass is 32.2. The first-order valence-electron chi connectivity index (χ1n) is 5.67. The number of nitriles is 1. The van der Waals surface area contributed by atoms with Crippen LogP contribution in [-0.4, -0.2) is 25.2 Å². The normalized spacial score (nSPS) is 16.7. The lowest BCUT2D eigenvalue weighted by Crippen LogP contribution is -2.25. The molecular formula is C10H14N4O2S2. The molecule has 18 heavy (non-hydrogen) atoms. The molecule has 98 valence electrons. The molecule has 0 bridgehead atoms. The largest absolute Gasteiger partial charge is 0.311 e. The van der Waals surface area contributed by atoms with E-state index < -0.39 is 15.3 Å². The van der Waals surface area contributed by atoms with Crippen molar-refractivity contribution >= 4 is 26.5 Å². The van der Waals surface area contributed by atoms with Gasteiger partial charge in [-0.2, -0.15) is 5.26 Å². The zero-order valence-corrected chi connectivity index (χ0v) is 11.6. The number of anilines is 1. The standard InChI is InChI=1S/C10H14N4O2S2/c1-2-7(5-11)18(15,16)14-10-13-8-3-4-12-6-9(8)17-10/h7,12H,2-4,6H2,1H3,(H,13,14). The number of fused-ring (bicyclic) bond motifs is 1. The van der Waals surface area contributed by atoms with E-state index in [1.165, 1.54) is 11.3 Å². The third-order valence-electron chi connectivity index (χ3n) is 2.72. The minimum absolute atomic E-state index is 0.262. The second-order valence-corrected chi connectivity index (χ2v) is 6.94. The van der Waals surface area contributed by atoms with E-state index in [1.807, 2.05) is 0 Å². The van der Waals surface area contributed by atoms with Gasteiger partial charge in [0.1, 0.15) is 0 Å². The predicted octanol–water partition coefficient (Wildman–Crippen LogP) is 0.833. The number of thiazole rings is 1. The van der Waals surface area contributed by atoms with Crippen molar-refractivity contribution in [3.63, 3.8) is 0 Å². The number of aromatic nitrogens is 1. The van der Waals surface area contributed by atoms with Crippen LogP contribution >= 0.6 is 11.3 Å². The third kappa shape index (κ3) is 2.63. The molecule has 0 fully saturated rings. The average molecular weight is 286 g/mol. The van der Waals surface area contributed by atoms with E-state index in [0.717, 1.165) is 30.1 Å². The third-order valence-corrected chi connectivity index (χ3v) is 5.53. The summed E-state index contributed by atoms with van der Waals surface area (Å²) in [5, 5.41) is 11.3. The van der Waals surface area contributed by atoms with Crippen molar-refractivity contribution < 1.29 is 8.42 Å². The molecule has 6 nitrogen and oxygen atoms in total. The van der Waals surface area contributed by atoms with Crippen LogP contribution in [-0.2, 0) is 23.0 Å². The number of hydrogen-bond donors (Lipinski definition) is 2. The number of sulfonamides is 1. The Morgan fingerprint density at radius 1 is 1.67 bits per heavy atom. The van der Waals surface area contributed by atoms with Crippen molar-refractivity contribution in [1.29, 1.82) is 5.26 Å². The Kier molecular flexibility index (Phi) is 3.85. The van der Waals surface area contributed by atoms with Crippen LogP contribution < -0.4 is 10.0 Å². The maximum atomic E-state index is 11.9. The van der Waals surface area contributed by atoms with Gasteiger partial charge in [0.05, 0.1) is 11.8 Å². The van der Waals surface area contributed by atoms with E-state index in [-0.39, 0.29) is 6.42 Å². The average Bonchev–Trinajstić information content (AvgIpc) is 2.71. The quantitative estimate of drug-likeness (QED) is 0.855. The van der Waals surface area contributed by atoms with Gasteiger partial charge >= 0.3 is 0 Å². The lowest BCUT2D eigenvalue weighted by molar-refractivity contribution is 0.592. The maximum absolute atomic E-state index is 11.9. The van der Waals surface area contributed by atoms with Crippen LogP contribution in [0.25, 0.3) is 0 Å². The topological polar surface area (TPSA) is 94.9 Å². The molecule has 1 aliphatic rings. The minimum atomic E-state index is -3.66. The van der Waals surface area contributed by atoms with Gasteiger partial charge in [0.15, 0.2) is 10.4 Å². The lowest BCUT2D eigenvalue weighted by Gasteiger charge is -2.09. The first kappa shape index (κ1) is 13.3. The van der Waals surface area contributed by atoms with Crippen LogP contribution in [0.15, 0.2) is 0 Å². The Balaban J connectivity index is 2.19. The Labute approximate surface area is 110 Å². The van der Waals surface area contributed by atoms with Gasteiger partial charge < -0.3 is 5.32 Å². The number of hydrogen-bond acceptors (Lipinski definition) is 6. The molecule has 0 radical (unpaired) electrons. The molecule has 0 aromatic carbocycles. The summed E-state index contributed by atoms with van der Waals surface area (Å²) in [5.74, 6) is 0. The second-order valence-electron chi connectivity index (χ2n) is 3.99. The fourth-order valence-electron chi connectivity index (χ4n) is 1.74. The SMILES string of the molecule is CCC(C#N)S(=O)(=O)Nc1nc2c(s1)CNCC2. The molecule has 1 aliphatic heterocycles. The summed E-state index contributed by atoms with van der Waals surface area (Å²) < 4.78 is 26.2. The number of nitrogens with one attached hydrogen (secondary N) is 2. The van der Waals surface area contributed by atoms with Crippen molar-refractivity contribution in [2.45, 2.75) is 31.6 Å². The maximum Gasteiger partial charge on any atom is 0.250 e. The highest BCUT2D eigenvalue weighted by Crippen LogP contribution is 2.26. The van der Waals surface area contributed by atoms with E-state index in [4.69, 9.17) is 5.26 Å². The van der Waals surface area contributed by atoms with Gasteiger partial charge in [0.2, 0.25) is 0 Å². The van der Waals surface area contributed by atoms with Gasteiger partial charge in [-0.3, -0.25) is 4.72 Å². The Hall–Kier alpha value is -1.17. The summed E-state index contributed by atoms with van der Waals surface area (Å²) in [6, 6.07) is 1.79. The van der Waals surface area contributed by atoms with Gasteiger partial charge in [0.25, 0.3) is 10.0 Å². The molecule has 2 heterocycles. The van der Waals surface area contributed by atoms with E-state index >= 15 is 0 Å². The molecule has 0 saturated heterocycles. The molecule has 1 aromatic heterocycles. The van der Waals surface area contributed by atoms with Crippen molar-refractivity contribution in [2.24, 2.45) is 0 Å². The molecule has 0 spiro atoms. The van der Waals surface area contributed by atoms with Crippen LogP contribution in [0.4, 0.5) is 5.13 Å². The first-order valence-corrected chi connectivity index (χ1v) is 8.03. The summed E-state index contributed by atoms with van der Waals surface area (Å²) in [6.45, 7) is 3.26. The van der Waals surface area contributed by atoms with Crippen LogP contribution in [0.5, 0.6) is 0 Å². The highest BCUT2D eigenvalue weighted by Gasteiger charge is 2.25.